The van der Waals surface area contributed by atoms with E-state index in [1.807, 2.05) is 6.92 Å². The third-order valence-electron chi connectivity index (χ3n) is 2.94. The first-order valence-corrected chi connectivity index (χ1v) is 6.14. The van der Waals surface area contributed by atoms with Crippen LogP contribution in [-0.4, -0.2) is 50.1 Å². The Morgan fingerprint density at radius 1 is 1.25 bits per heavy atom. The Kier molecular flexibility index (Phi) is 8.21. The summed E-state index contributed by atoms with van der Waals surface area (Å²) in [5.74, 6) is 0.0831. The fraction of sp³-hybridized carbons (Fsp3) is 0.917. The summed E-state index contributed by atoms with van der Waals surface area (Å²) in [6, 6.07) is 0.497. The maximum atomic E-state index is 11.4. The normalized spacial score (nSPS) is 13.2. The van der Waals surface area contributed by atoms with Crippen LogP contribution in [0.3, 0.4) is 0 Å². The molecular weight excluding hydrogens is 202 g/mol. The molecular formula is C12H27N3O. The van der Waals surface area contributed by atoms with Gasteiger partial charge >= 0.3 is 0 Å². The van der Waals surface area contributed by atoms with E-state index in [1.54, 1.807) is 7.05 Å². The second-order valence-electron chi connectivity index (χ2n) is 4.58. The van der Waals surface area contributed by atoms with Gasteiger partial charge in [0, 0.05) is 12.6 Å². The fourth-order valence-electron chi connectivity index (χ4n) is 1.24. The summed E-state index contributed by atoms with van der Waals surface area (Å²) < 4.78 is 0. The van der Waals surface area contributed by atoms with E-state index in [4.69, 9.17) is 0 Å². The largest absolute Gasteiger partial charge is 0.355 e. The Hall–Kier alpha value is -0.610. The molecule has 1 amide bonds. The van der Waals surface area contributed by atoms with Gasteiger partial charge in [0.25, 0.3) is 0 Å². The average molecular weight is 229 g/mol. The Labute approximate surface area is 99.8 Å². The van der Waals surface area contributed by atoms with Gasteiger partial charge in [-0.2, -0.15) is 0 Å². The van der Waals surface area contributed by atoms with Crippen LogP contribution in [0, 0.1) is 0 Å². The predicted octanol–water partition coefficient (Wildman–Crippen LogP) is 0.831. The van der Waals surface area contributed by atoms with Gasteiger partial charge in [-0.1, -0.05) is 0 Å². The van der Waals surface area contributed by atoms with Crippen molar-refractivity contribution in [3.63, 3.8) is 0 Å². The van der Waals surface area contributed by atoms with Crippen molar-refractivity contribution in [3.8, 4) is 0 Å². The molecule has 0 aromatic heterocycles. The van der Waals surface area contributed by atoms with E-state index in [0.717, 1.165) is 25.9 Å². The van der Waals surface area contributed by atoms with Crippen LogP contribution in [-0.2, 0) is 4.79 Å². The van der Waals surface area contributed by atoms with Gasteiger partial charge in [0.05, 0.1) is 6.04 Å². The minimum atomic E-state index is -0.0988. The van der Waals surface area contributed by atoms with Gasteiger partial charge in [0.15, 0.2) is 0 Å². The lowest BCUT2D eigenvalue weighted by Gasteiger charge is -2.20. The molecule has 1 unspecified atom stereocenters. The van der Waals surface area contributed by atoms with Crippen molar-refractivity contribution in [2.75, 3.05) is 27.2 Å². The average Bonchev–Trinajstić information content (AvgIpc) is 2.26. The number of nitrogens with one attached hydrogen (secondary N) is 2. The fourth-order valence-corrected chi connectivity index (χ4v) is 1.24. The number of nitrogens with zero attached hydrogens (tertiary/aromatic N) is 1. The highest BCUT2D eigenvalue weighted by Gasteiger charge is 2.08. The van der Waals surface area contributed by atoms with Gasteiger partial charge in [0.2, 0.25) is 5.91 Å². The van der Waals surface area contributed by atoms with Crippen LogP contribution in [0.25, 0.3) is 0 Å². The second-order valence-corrected chi connectivity index (χ2v) is 4.58. The monoisotopic (exact) mass is 229 g/mol. The Morgan fingerprint density at radius 3 is 2.38 bits per heavy atom. The number of amides is 1. The molecule has 0 heterocycles. The highest BCUT2D eigenvalue weighted by molar-refractivity contribution is 5.81. The maximum absolute atomic E-state index is 11.4. The molecule has 4 nitrogen and oxygen atoms in total. The molecule has 0 saturated carbocycles. The van der Waals surface area contributed by atoms with Crippen LogP contribution < -0.4 is 10.6 Å². The lowest BCUT2D eigenvalue weighted by Crippen LogP contribution is -2.40. The van der Waals surface area contributed by atoms with Crippen molar-refractivity contribution in [1.82, 2.24) is 15.5 Å². The summed E-state index contributed by atoms with van der Waals surface area (Å²) >= 11 is 0. The molecule has 0 fully saturated rings. The maximum Gasteiger partial charge on any atom is 0.236 e. The Balaban J connectivity index is 3.44. The minimum absolute atomic E-state index is 0.0831. The van der Waals surface area contributed by atoms with Crippen molar-refractivity contribution in [2.24, 2.45) is 0 Å². The van der Waals surface area contributed by atoms with Gasteiger partial charge in [0.1, 0.15) is 0 Å². The summed E-state index contributed by atoms with van der Waals surface area (Å²) in [6.07, 6.45) is 2.17. The van der Waals surface area contributed by atoms with Crippen molar-refractivity contribution in [1.29, 1.82) is 0 Å². The zero-order chi connectivity index (χ0) is 12.6. The Bertz CT molecular complexity index is 195. The van der Waals surface area contributed by atoms with Crippen molar-refractivity contribution in [3.05, 3.63) is 0 Å². The molecule has 0 aliphatic carbocycles. The van der Waals surface area contributed by atoms with Crippen LogP contribution in [0.5, 0.6) is 0 Å². The number of likely N-dealkylation sites (N-methyl/N-ethyl adjacent to an activating group) is 1. The lowest BCUT2D eigenvalue weighted by molar-refractivity contribution is -0.122. The van der Waals surface area contributed by atoms with Crippen LogP contribution in [0.15, 0.2) is 0 Å². The minimum Gasteiger partial charge on any atom is -0.355 e. The third-order valence-corrected chi connectivity index (χ3v) is 2.94. The van der Waals surface area contributed by atoms with Gasteiger partial charge in [-0.3, -0.25) is 4.79 Å². The standard InChI is InChI=1S/C12H27N3O/c1-10(2)15(5)9-7-6-8-14-12(16)11(3)13-4/h10-11,13H,6-9H2,1-5H3,(H,14,16). The van der Waals surface area contributed by atoms with Crippen LogP contribution in [0.4, 0.5) is 0 Å². The summed E-state index contributed by atoms with van der Waals surface area (Å²) in [4.78, 5) is 13.7. The summed E-state index contributed by atoms with van der Waals surface area (Å²) in [6.45, 7) is 8.11. The van der Waals surface area contributed by atoms with E-state index in [1.165, 1.54) is 0 Å². The van der Waals surface area contributed by atoms with Gasteiger partial charge in [-0.05, 0) is 54.3 Å². The molecule has 1 atom stereocenters. The van der Waals surface area contributed by atoms with Gasteiger partial charge in [-0.25, -0.2) is 0 Å². The van der Waals surface area contributed by atoms with E-state index < -0.39 is 0 Å². The molecule has 0 spiro atoms. The number of unbranched alkanes of at least 4 members (excludes halogenated alkanes) is 1. The summed E-state index contributed by atoms with van der Waals surface area (Å²) in [5.41, 5.74) is 0. The molecule has 0 rings (SSSR count). The smallest absolute Gasteiger partial charge is 0.236 e. The molecule has 0 radical (unpaired) electrons. The van der Waals surface area contributed by atoms with Crippen LogP contribution in [0.2, 0.25) is 0 Å². The topological polar surface area (TPSA) is 44.4 Å². The molecule has 0 aliphatic heterocycles. The molecule has 96 valence electrons. The van der Waals surface area contributed by atoms with Crippen molar-refractivity contribution in [2.45, 2.75) is 45.7 Å². The van der Waals surface area contributed by atoms with Crippen LogP contribution in [0.1, 0.15) is 33.6 Å². The van der Waals surface area contributed by atoms with E-state index in [9.17, 15) is 4.79 Å². The quantitative estimate of drug-likeness (QED) is 0.606. The second kappa shape index (κ2) is 8.53. The molecule has 2 N–H and O–H groups in total. The molecule has 0 aromatic carbocycles. The predicted molar refractivity (Wildman–Crippen MR) is 68.5 cm³/mol. The first-order chi connectivity index (χ1) is 7.49. The first kappa shape index (κ1) is 15.4. The molecule has 0 aliphatic rings. The zero-order valence-corrected chi connectivity index (χ0v) is 11.3. The number of carbonyl (C=O) groups excluding carboxylic acids is 1. The molecule has 0 aromatic rings. The van der Waals surface area contributed by atoms with Gasteiger partial charge in [-0.15, -0.1) is 0 Å². The Morgan fingerprint density at radius 2 is 1.88 bits per heavy atom. The number of rotatable bonds is 8. The number of hydrogen-bond acceptors (Lipinski definition) is 3. The van der Waals surface area contributed by atoms with E-state index in [0.29, 0.717) is 6.04 Å². The molecule has 0 bridgehead atoms. The number of carbonyl (C=O) groups is 1. The van der Waals surface area contributed by atoms with E-state index >= 15 is 0 Å². The first-order valence-electron chi connectivity index (χ1n) is 6.14. The number of hydrogen-bond donors (Lipinski definition) is 2. The van der Waals surface area contributed by atoms with Crippen LogP contribution >= 0.6 is 0 Å². The third kappa shape index (κ3) is 6.80. The van der Waals surface area contributed by atoms with E-state index in [-0.39, 0.29) is 11.9 Å². The summed E-state index contributed by atoms with van der Waals surface area (Å²) in [5, 5.41) is 5.83. The lowest BCUT2D eigenvalue weighted by atomic mass is 10.2. The molecule has 4 heteroatoms. The van der Waals surface area contributed by atoms with E-state index in [2.05, 4.69) is 36.4 Å². The zero-order valence-electron chi connectivity index (χ0n) is 11.3. The highest BCUT2D eigenvalue weighted by atomic mass is 16.2. The molecule has 0 saturated heterocycles. The SMILES string of the molecule is CNC(C)C(=O)NCCCCN(C)C(C)C. The van der Waals surface area contributed by atoms with Gasteiger partial charge < -0.3 is 15.5 Å². The van der Waals surface area contributed by atoms with Crippen molar-refractivity contribution < 1.29 is 4.79 Å². The molecule has 16 heavy (non-hydrogen) atoms. The van der Waals surface area contributed by atoms with Crippen molar-refractivity contribution >= 4 is 5.91 Å². The summed E-state index contributed by atoms with van der Waals surface area (Å²) in [7, 11) is 3.92. The highest BCUT2D eigenvalue weighted by Crippen LogP contribution is 1.97.